The minimum absolute atomic E-state index is 0.0800. The molecule has 61 heavy (non-hydrogen) atoms. The number of carbonyl (C=O) groups excluding carboxylic acids is 2. The monoisotopic (exact) mass is 829 g/mol. The van der Waals surface area contributed by atoms with Crippen LogP contribution >= 0.6 is 0 Å². The van der Waals surface area contributed by atoms with Crippen LogP contribution in [0.3, 0.4) is 0 Å². The van der Waals surface area contributed by atoms with E-state index in [0.717, 1.165) is 71.5 Å². The summed E-state index contributed by atoms with van der Waals surface area (Å²) in [5.74, 6) is -0.664. The van der Waals surface area contributed by atoms with Crippen molar-refractivity contribution in [2.75, 3.05) is 19.7 Å². The predicted molar refractivity (Wildman–Crippen MR) is 242 cm³/mol. The quantitative estimate of drug-likeness (QED) is 0.0327. The first-order valence-corrected chi connectivity index (χ1v) is 22.5. The summed E-state index contributed by atoms with van der Waals surface area (Å²) >= 11 is 0. The third-order valence-corrected chi connectivity index (χ3v) is 11.4. The molecule has 2 aliphatic heterocycles. The fourth-order valence-corrected chi connectivity index (χ4v) is 7.77. The molecule has 2 unspecified atom stereocenters. The van der Waals surface area contributed by atoms with Gasteiger partial charge < -0.3 is 25.5 Å². The Hall–Kier alpha value is -5.52. The van der Waals surface area contributed by atoms with Crippen LogP contribution in [0.1, 0.15) is 131 Å². The number of ether oxygens (including phenoxy) is 1. The first-order valence-electron chi connectivity index (χ1n) is 22.5. The summed E-state index contributed by atoms with van der Waals surface area (Å²) in [6.07, 6.45) is 24.1. The molecular formula is C50H63N5O6. The van der Waals surface area contributed by atoms with E-state index < -0.39 is 12.1 Å². The number of imidazole rings is 1. The number of nitrogens with one attached hydrogen (secondary N) is 4. The molecule has 2 aliphatic rings. The lowest BCUT2D eigenvalue weighted by Crippen LogP contribution is -2.30. The zero-order valence-corrected chi connectivity index (χ0v) is 35.7. The van der Waals surface area contributed by atoms with E-state index in [2.05, 4.69) is 28.0 Å². The van der Waals surface area contributed by atoms with Crippen LogP contribution < -0.4 is 16.1 Å². The van der Waals surface area contributed by atoms with Crippen LogP contribution in [0, 0.1) is 0 Å². The van der Waals surface area contributed by atoms with Crippen LogP contribution in [0.5, 0.6) is 0 Å². The van der Waals surface area contributed by atoms with E-state index >= 15 is 0 Å². The number of aromatic amines is 1. The van der Waals surface area contributed by atoms with Gasteiger partial charge in [-0.3, -0.25) is 19.9 Å². The molecule has 2 amide bonds. The highest BCUT2D eigenvalue weighted by molar-refractivity contribution is 5.95. The first-order chi connectivity index (χ1) is 29.9. The van der Waals surface area contributed by atoms with Crippen molar-refractivity contribution >= 4 is 29.6 Å². The molecule has 1 aromatic heterocycles. The SMILES string of the molecule is CCCCCCCCCCCCCCCCNC(=O)c1ccc(-c2nc(-c3ccc(C4=CC(C(=O)O)ON4)cc3)c(-c3ccc(C=CC(=O)NCC4CCCO4)cc3)[nH]2)cc1. The fraction of sp³-hybridized carbons (Fsp3) is 0.440. The third-order valence-electron chi connectivity index (χ3n) is 11.4. The standard InChI is InChI=1S/C50H63N5O6/c1-2-3-4-5-6-7-8-9-10-11-12-13-14-15-32-51-49(57)41-29-27-40(28-30-41)48-53-46(38-21-18-36(19-22-38)20-31-45(56)52-35-42-17-16-33-60-42)47(54-48)39-25-23-37(24-26-39)43-34-44(50(58)59)61-55-43/h18-31,34,42,44,55H,2-17,32-33,35H2,1H3,(H,51,57)(H,52,56)(H,53,54)(H,58,59). The Morgan fingerprint density at radius 3 is 1.97 bits per heavy atom. The first kappa shape index (κ1) is 45.0. The zero-order valence-electron chi connectivity index (χ0n) is 35.7. The lowest BCUT2D eigenvalue weighted by molar-refractivity contribution is -0.148. The number of nitrogens with zero attached hydrogens (tertiary/aromatic N) is 1. The molecule has 0 radical (unpaired) electrons. The number of aliphatic carboxylic acids is 1. The maximum atomic E-state index is 13.0. The van der Waals surface area contributed by atoms with Gasteiger partial charge in [0.25, 0.3) is 5.91 Å². The van der Waals surface area contributed by atoms with Crippen LogP contribution in [0.25, 0.3) is 45.7 Å². The Labute approximate surface area is 360 Å². The van der Waals surface area contributed by atoms with Crippen LogP contribution in [-0.4, -0.2) is 64.8 Å². The molecule has 6 rings (SSSR count). The summed E-state index contributed by atoms with van der Waals surface area (Å²) in [6.45, 7) is 4.19. The van der Waals surface area contributed by atoms with Crippen molar-refractivity contribution in [2.24, 2.45) is 0 Å². The number of hydroxylamine groups is 1. The number of benzene rings is 3. The summed E-state index contributed by atoms with van der Waals surface area (Å²) in [5, 5.41) is 15.3. The van der Waals surface area contributed by atoms with E-state index in [1.54, 1.807) is 6.08 Å². The highest BCUT2D eigenvalue weighted by atomic mass is 16.7. The minimum Gasteiger partial charge on any atom is -0.479 e. The van der Waals surface area contributed by atoms with Crippen molar-refractivity contribution in [1.82, 2.24) is 26.1 Å². The topological polar surface area (TPSA) is 155 Å². The molecule has 11 nitrogen and oxygen atoms in total. The number of hydrogen-bond donors (Lipinski definition) is 5. The van der Waals surface area contributed by atoms with Crippen molar-refractivity contribution in [3.63, 3.8) is 0 Å². The largest absolute Gasteiger partial charge is 0.479 e. The number of carbonyl (C=O) groups is 3. The van der Waals surface area contributed by atoms with Crippen molar-refractivity contribution in [2.45, 2.75) is 122 Å². The Balaban J connectivity index is 1.04. The molecule has 1 fully saturated rings. The number of hydrogen-bond acceptors (Lipinski definition) is 7. The van der Waals surface area contributed by atoms with Gasteiger partial charge in [0, 0.05) is 48.0 Å². The second kappa shape index (κ2) is 24.1. The minimum atomic E-state index is -1.07. The van der Waals surface area contributed by atoms with E-state index in [1.807, 2.05) is 72.8 Å². The van der Waals surface area contributed by atoms with Gasteiger partial charge in [-0.2, -0.15) is 0 Å². The molecular weight excluding hydrogens is 767 g/mol. The molecule has 11 heteroatoms. The van der Waals surface area contributed by atoms with E-state index in [9.17, 15) is 19.5 Å². The maximum absolute atomic E-state index is 13.0. The van der Waals surface area contributed by atoms with Gasteiger partial charge in [0.15, 0.2) is 0 Å². The lowest BCUT2D eigenvalue weighted by atomic mass is 10.0. The van der Waals surface area contributed by atoms with Crippen LogP contribution in [-0.2, 0) is 19.2 Å². The van der Waals surface area contributed by atoms with Crippen LogP contribution in [0.2, 0.25) is 0 Å². The number of amides is 2. The Morgan fingerprint density at radius 1 is 0.754 bits per heavy atom. The van der Waals surface area contributed by atoms with Gasteiger partial charge in [0.1, 0.15) is 5.82 Å². The third kappa shape index (κ3) is 14.0. The molecule has 324 valence electrons. The average Bonchev–Trinajstić information content (AvgIpc) is 4.09. The van der Waals surface area contributed by atoms with Crippen molar-refractivity contribution < 1.29 is 29.1 Å². The molecule has 3 heterocycles. The maximum Gasteiger partial charge on any atom is 0.339 e. The lowest BCUT2D eigenvalue weighted by Gasteiger charge is -2.09. The normalized spacial score (nSPS) is 16.1. The zero-order chi connectivity index (χ0) is 42.7. The molecule has 5 N–H and O–H groups in total. The Kier molecular flexibility index (Phi) is 17.8. The van der Waals surface area contributed by atoms with Crippen molar-refractivity contribution in [1.29, 1.82) is 0 Å². The molecule has 2 atom stereocenters. The fourth-order valence-electron chi connectivity index (χ4n) is 7.77. The molecule has 0 bridgehead atoms. The Bertz CT molecular complexity index is 2050. The average molecular weight is 830 g/mol. The molecule has 3 aromatic carbocycles. The number of unbranched alkanes of at least 4 members (excludes halogenated alkanes) is 13. The highest BCUT2D eigenvalue weighted by Gasteiger charge is 2.24. The van der Waals surface area contributed by atoms with Crippen molar-refractivity contribution in [3.8, 4) is 33.9 Å². The van der Waals surface area contributed by atoms with Gasteiger partial charge in [-0.15, -0.1) is 0 Å². The van der Waals surface area contributed by atoms with Gasteiger partial charge in [-0.25, -0.2) is 9.78 Å². The predicted octanol–water partition coefficient (Wildman–Crippen LogP) is 10.3. The smallest absolute Gasteiger partial charge is 0.339 e. The number of rotatable bonds is 25. The summed E-state index contributed by atoms with van der Waals surface area (Å²) in [6, 6.07) is 23.0. The van der Waals surface area contributed by atoms with Crippen LogP contribution in [0.4, 0.5) is 0 Å². The number of carboxylic acids is 1. The second-order valence-electron chi connectivity index (χ2n) is 16.2. The summed E-state index contributed by atoms with van der Waals surface area (Å²) in [5.41, 5.74) is 9.64. The number of H-pyrrole nitrogens is 1. The van der Waals surface area contributed by atoms with Gasteiger partial charge in [-0.1, -0.05) is 151 Å². The summed E-state index contributed by atoms with van der Waals surface area (Å²) in [7, 11) is 0. The van der Waals surface area contributed by atoms with Crippen molar-refractivity contribution in [3.05, 3.63) is 102 Å². The summed E-state index contributed by atoms with van der Waals surface area (Å²) in [4.78, 5) is 50.6. The number of aromatic nitrogens is 2. The molecule has 0 spiro atoms. The van der Waals surface area contributed by atoms with E-state index in [4.69, 9.17) is 14.6 Å². The van der Waals surface area contributed by atoms with Gasteiger partial charge in [0.05, 0.1) is 23.2 Å². The Morgan fingerprint density at radius 2 is 1.36 bits per heavy atom. The van der Waals surface area contributed by atoms with Crippen LogP contribution in [0.15, 0.2) is 84.9 Å². The number of carboxylic acid groups (broad SMARTS) is 1. The second-order valence-corrected chi connectivity index (χ2v) is 16.2. The van der Waals surface area contributed by atoms with E-state index in [-0.39, 0.29) is 17.9 Å². The molecule has 4 aromatic rings. The van der Waals surface area contributed by atoms with E-state index in [0.29, 0.717) is 30.2 Å². The van der Waals surface area contributed by atoms with Gasteiger partial charge in [0.2, 0.25) is 12.0 Å². The van der Waals surface area contributed by atoms with E-state index in [1.165, 1.54) is 89.2 Å². The summed E-state index contributed by atoms with van der Waals surface area (Å²) < 4.78 is 5.60. The highest BCUT2D eigenvalue weighted by Crippen LogP contribution is 2.34. The van der Waals surface area contributed by atoms with Gasteiger partial charge in [-0.05, 0) is 54.7 Å². The van der Waals surface area contributed by atoms with Gasteiger partial charge >= 0.3 is 5.97 Å². The molecule has 0 aliphatic carbocycles. The molecule has 0 saturated carbocycles. The molecule has 1 saturated heterocycles.